The zero-order valence-electron chi connectivity index (χ0n) is 12.1. The van der Waals surface area contributed by atoms with Gasteiger partial charge in [0.25, 0.3) is 0 Å². The Labute approximate surface area is 117 Å². The SMILES string of the molecule is CC1(CN2CCCCc3ccccc32)CCCC1N. The molecule has 2 N–H and O–H groups in total. The standard InChI is InChI=1S/C17H26N2/c1-17(11-6-10-16(17)18)13-19-12-5-4-8-14-7-2-3-9-15(14)19/h2-3,7,9,16H,4-6,8,10-13,18H2,1H3. The van der Waals surface area contributed by atoms with Gasteiger partial charge in [0.1, 0.15) is 0 Å². The summed E-state index contributed by atoms with van der Waals surface area (Å²) in [6.07, 6.45) is 7.64. The van der Waals surface area contributed by atoms with Gasteiger partial charge in [0.05, 0.1) is 0 Å². The summed E-state index contributed by atoms with van der Waals surface area (Å²) in [5.74, 6) is 0. The van der Waals surface area contributed by atoms with Crippen LogP contribution in [0.15, 0.2) is 24.3 Å². The van der Waals surface area contributed by atoms with Gasteiger partial charge in [0.15, 0.2) is 0 Å². The molecule has 0 amide bonds. The fourth-order valence-electron chi connectivity index (χ4n) is 3.83. The summed E-state index contributed by atoms with van der Waals surface area (Å²) >= 11 is 0. The molecular weight excluding hydrogens is 232 g/mol. The highest BCUT2D eigenvalue weighted by Gasteiger charge is 2.38. The number of hydrogen-bond acceptors (Lipinski definition) is 2. The minimum atomic E-state index is 0.303. The van der Waals surface area contributed by atoms with Gasteiger partial charge in [-0.05, 0) is 43.7 Å². The van der Waals surface area contributed by atoms with Crippen LogP contribution in [0.4, 0.5) is 5.69 Å². The third kappa shape index (κ3) is 2.51. The fraction of sp³-hybridized carbons (Fsp3) is 0.647. The summed E-state index contributed by atoms with van der Waals surface area (Å²) < 4.78 is 0. The molecule has 0 aromatic heterocycles. The van der Waals surface area contributed by atoms with Gasteiger partial charge in [0, 0.05) is 30.2 Å². The van der Waals surface area contributed by atoms with Crippen LogP contribution in [0.1, 0.15) is 44.6 Å². The van der Waals surface area contributed by atoms with Crippen LogP contribution in [-0.4, -0.2) is 19.1 Å². The summed E-state index contributed by atoms with van der Waals surface area (Å²) in [7, 11) is 0. The van der Waals surface area contributed by atoms with Crippen molar-refractivity contribution in [3.8, 4) is 0 Å². The second-order valence-corrected chi connectivity index (χ2v) is 6.66. The zero-order chi connectivity index (χ0) is 13.3. The molecule has 0 radical (unpaired) electrons. The van der Waals surface area contributed by atoms with Crippen LogP contribution in [-0.2, 0) is 6.42 Å². The normalized spacial score (nSPS) is 31.1. The molecular formula is C17H26N2. The maximum absolute atomic E-state index is 6.36. The molecule has 1 aliphatic heterocycles. The van der Waals surface area contributed by atoms with Crippen LogP contribution < -0.4 is 10.6 Å². The van der Waals surface area contributed by atoms with Gasteiger partial charge in [-0.3, -0.25) is 0 Å². The second-order valence-electron chi connectivity index (χ2n) is 6.66. The highest BCUT2D eigenvalue weighted by molar-refractivity contribution is 5.54. The summed E-state index contributed by atoms with van der Waals surface area (Å²) in [5, 5.41) is 0. The molecule has 2 heteroatoms. The van der Waals surface area contributed by atoms with E-state index in [1.54, 1.807) is 0 Å². The molecule has 3 rings (SSSR count). The Kier molecular flexibility index (Phi) is 3.53. The average Bonchev–Trinajstić information content (AvgIpc) is 2.63. The van der Waals surface area contributed by atoms with Crippen molar-refractivity contribution >= 4 is 5.69 Å². The Morgan fingerprint density at radius 1 is 1.26 bits per heavy atom. The summed E-state index contributed by atoms with van der Waals surface area (Å²) in [6.45, 7) is 4.71. The minimum absolute atomic E-state index is 0.303. The van der Waals surface area contributed by atoms with E-state index >= 15 is 0 Å². The number of nitrogens with zero attached hydrogens (tertiary/aromatic N) is 1. The number of benzene rings is 1. The Hall–Kier alpha value is -1.02. The summed E-state index contributed by atoms with van der Waals surface area (Å²) in [5.41, 5.74) is 9.65. The third-order valence-corrected chi connectivity index (χ3v) is 5.17. The molecule has 2 atom stereocenters. The predicted molar refractivity (Wildman–Crippen MR) is 81.5 cm³/mol. The molecule has 0 saturated heterocycles. The maximum atomic E-state index is 6.36. The van der Waals surface area contributed by atoms with Crippen LogP contribution in [0.5, 0.6) is 0 Å². The predicted octanol–water partition coefficient (Wildman–Crippen LogP) is 3.35. The zero-order valence-corrected chi connectivity index (χ0v) is 12.1. The van der Waals surface area contributed by atoms with Crippen molar-refractivity contribution in [3.05, 3.63) is 29.8 Å². The van der Waals surface area contributed by atoms with Crippen LogP contribution in [0.2, 0.25) is 0 Å². The topological polar surface area (TPSA) is 29.3 Å². The van der Waals surface area contributed by atoms with Gasteiger partial charge < -0.3 is 10.6 Å². The molecule has 1 fully saturated rings. The lowest BCUT2D eigenvalue weighted by molar-refractivity contribution is 0.296. The van der Waals surface area contributed by atoms with Gasteiger partial charge in [-0.2, -0.15) is 0 Å². The Balaban J connectivity index is 1.84. The van der Waals surface area contributed by atoms with E-state index in [1.807, 2.05) is 0 Å². The van der Waals surface area contributed by atoms with Crippen LogP contribution in [0, 0.1) is 5.41 Å². The van der Waals surface area contributed by atoms with Crippen molar-refractivity contribution in [1.82, 2.24) is 0 Å². The van der Waals surface area contributed by atoms with Crippen LogP contribution in [0.25, 0.3) is 0 Å². The van der Waals surface area contributed by atoms with E-state index in [0.29, 0.717) is 11.5 Å². The molecule has 19 heavy (non-hydrogen) atoms. The lowest BCUT2D eigenvalue weighted by atomic mass is 9.84. The molecule has 2 unspecified atom stereocenters. The molecule has 2 nitrogen and oxygen atoms in total. The lowest BCUT2D eigenvalue weighted by Gasteiger charge is -2.37. The Morgan fingerprint density at radius 3 is 2.89 bits per heavy atom. The largest absolute Gasteiger partial charge is 0.371 e. The van der Waals surface area contributed by atoms with Crippen molar-refractivity contribution in [2.24, 2.45) is 11.1 Å². The van der Waals surface area contributed by atoms with E-state index < -0.39 is 0 Å². The van der Waals surface area contributed by atoms with Gasteiger partial charge in [-0.15, -0.1) is 0 Å². The van der Waals surface area contributed by atoms with Crippen molar-refractivity contribution in [2.75, 3.05) is 18.0 Å². The van der Waals surface area contributed by atoms with E-state index in [0.717, 1.165) is 6.54 Å². The van der Waals surface area contributed by atoms with Crippen molar-refractivity contribution < 1.29 is 0 Å². The molecule has 1 aliphatic carbocycles. The van der Waals surface area contributed by atoms with Gasteiger partial charge in [-0.25, -0.2) is 0 Å². The molecule has 2 aliphatic rings. The smallest absolute Gasteiger partial charge is 0.0398 e. The monoisotopic (exact) mass is 258 g/mol. The lowest BCUT2D eigenvalue weighted by Crippen LogP contribution is -2.44. The first kappa shape index (κ1) is 13.0. The molecule has 0 spiro atoms. The molecule has 1 heterocycles. The van der Waals surface area contributed by atoms with Crippen LogP contribution >= 0.6 is 0 Å². The number of para-hydroxylation sites is 1. The van der Waals surface area contributed by atoms with Gasteiger partial charge in [0.2, 0.25) is 0 Å². The number of nitrogens with two attached hydrogens (primary N) is 1. The number of rotatable bonds is 2. The van der Waals surface area contributed by atoms with E-state index in [-0.39, 0.29) is 0 Å². The highest BCUT2D eigenvalue weighted by atomic mass is 15.1. The third-order valence-electron chi connectivity index (χ3n) is 5.17. The summed E-state index contributed by atoms with van der Waals surface area (Å²) in [4.78, 5) is 2.60. The minimum Gasteiger partial charge on any atom is -0.371 e. The quantitative estimate of drug-likeness (QED) is 0.881. The highest BCUT2D eigenvalue weighted by Crippen LogP contribution is 2.39. The summed E-state index contributed by atoms with van der Waals surface area (Å²) in [6, 6.07) is 9.32. The number of aryl methyl sites for hydroxylation is 1. The Morgan fingerprint density at radius 2 is 2.11 bits per heavy atom. The average molecular weight is 258 g/mol. The number of fused-ring (bicyclic) bond motifs is 1. The van der Waals surface area contributed by atoms with E-state index in [4.69, 9.17) is 5.73 Å². The molecule has 104 valence electrons. The second kappa shape index (κ2) is 5.16. The van der Waals surface area contributed by atoms with Crippen molar-refractivity contribution in [2.45, 2.75) is 51.5 Å². The first-order chi connectivity index (χ1) is 9.19. The number of anilines is 1. The fourth-order valence-corrected chi connectivity index (χ4v) is 3.83. The van der Waals surface area contributed by atoms with E-state index in [9.17, 15) is 0 Å². The molecule has 1 aromatic rings. The first-order valence-corrected chi connectivity index (χ1v) is 7.77. The van der Waals surface area contributed by atoms with Crippen LogP contribution in [0.3, 0.4) is 0 Å². The molecule has 1 saturated carbocycles. The Bertz CT molecular complexity index is 443. The van der Waals surface area contributed by atoms with Crippen molar-refractivity contribution in [3.63, 3.8) is 0 Å². The van der Waals surface area contributed by atoms with Crippen molar-refractivity contribution in [1.29, 1.82) is 0 Å². The molecule has 0 bridgehead atoms. The van der Waals surface area contributed by atoms with Gasteiger partial charge >= 0.3 is 0 Å². The maximum Gasteiger partial charge on any atom is 0.0398 e. The number of hydrogen-bond donors (Lipinski definition) is 1. The van der Waals surface area contributed by atoms with E-state index in [1.165, 1.54) is 56.3 Å². The molecule has 1 aromatic carbocycles. The van der Waals surface area contributed by atoms with E-state index in [2.05, 4.69) is 36.1 Å². The first-order valence-electron chi connectivity index (χ1n) is 7.77. The van der Waals surface area contributed by atoms with Gasteiger partial charge in [-0.1, -0.05) is 31.5 Å².